The number of likely N-dealkylation sites (tertiary alicyclic amines) is 1. The number of hydrogen-bond donors (Lipinski definition) is 0. The van der Waals surface area contributed by atoms with Crippen LogP contribution < -0.4 is 18.9 Å². The molecule has 0 aromatic heterocycles. The molecule has 1 fully saturated rings. The molecule has 0 aliphatic carbocycles. The van der Waals surface area contributed by atoms with Gasteiger partial charge in [0.25, 0.3) is 5.91 Å². The summed E-state index contributed by atoms with van der Waals surface area (Å²) in [5, 5.41) is 0. The van der Waals surface area contributed by atoms with Gasteiger partial charge in [0.1, 0.15) is 11.5 Å². The second-order valence-electron chi connectivity index (χ2n) is 7.44. The van der Waals surface area contributed by atoms with Gasteiger partial charge in [-0.3, -0.25) is 9.59 Å². The van der Waals surface area contributed by atoms with E-state index in [2.05, 4.69) is 0 Å². The third-order valence-corrected chi connectivity index (χ3v) is 5.42. The van der Waals surface area contributed by atoms with Gasteiger partial charge < -0.3 is 23.8 Å². The molecule has 0 unspecified atom stereocenters. The third kappa shape index (κ3) is 4.50. The first-order valence-corrected chi connectivity index (χ1v) is 10.3. The Morgan fingerprint density at radius 2 is 1.81 bits per heavy atom. The van der Waals surface area contributed by atoms with Crippen LogP contribution in [-0.2, 0) is 4.79 Å². The second-order valence-corrected chi connectivity index (χ2v) is 7.44. The summed E-state index contributed by atoms with van der Waals surface area (Å²) in [5.41, 5.74) is 1.21. The van der Waals surface area contributed by atoms with Gasteiger partial charge in [0, 0.05) is 19.2 Å². The summed E-state index contributed by atoms with van der Waals surface area (Å²) in [4.78, 5) is 26.8. The van der Waals surface area contributed by atoms with Gasteiger partial charge in [-0.1, -0.05) is 6.07 Å². The number of ketones is 1. The lowest BCUT2D eigenvalue weighted by Gasteiger charge is -2.26. The fourth-order valence-corrected chi connectivity index (χ4v) is 3.73. The van der Waals surface area contributed by atoms with E-state index in [1.165, 1.54) is 6.42 Å². The van der Waals surface area contributed by atoms with Crippen LogP contribution in [-0.4, -0.2) is 50.5 Å². The zero-order valence-corrected chi connectivity index (χ0v) is 17.7. The van der Waals surface area contributed by atoms with Crippen LogP contribution in [0.25, 0.3) is 6.08 Å². The lowest BCUT2D eigenvalue weighted by Crippen LogP contribution is -2.38. The standard InChI is InChI=1S/C24H25NO6/c1-28-19-9-6-16(12-21(19)29-2)13-22-24(27)18-8-7-17(14-20(18)31-22)30-15-23(26)25-10-4-3-5-11-25/h6-9,12-14H,3-5,10-11,15H2,1-2H3. The van der Waals surface area contributed by atoms with Crippen LogP contribution in [0, 0.1) is 0 Å². The number of methoxy groups -OCH3 is 2. The highest BCUT2D eigenvalue weighted by molar-refractivity contribution is 6.14. The fourth-order valence-electron chi connectivity index (χ4n) is 3.73. The van der Waals surface area contributed by atoms with E-state index in [0.717, 1.165) is 31.5 Å². The SMILES string of the molecule is COc1ccc(C=C2Oc3cc(OCC(=O)N4CCCCC4)ccc3C2=O)cc1OC. The summed E-state index contributed by atoms with van der Waals surface area (Å²) in [5.74, 6) is 2.06. The summed E-state index contributed by atoms with van der Waals surface area (Å²) >= 11 is 0. The molecule has 1 saturated heterocycles. The molecule has 2 aromatic rings. The number of nitrogens with zero attached hydrogens (tertiary/aromatic N) is 1. The Morgan fingerprint density at radius 1 is 1.03 bits per heavy atom. The Balaban J connectivity index is 1.45. The zero-order chi connectivity index (χ0) is 21.8. The Hall–Kier alpha value is -3.48. The number of hydrogen-bond acceptors (Lipinski definition) is 6. The molecule has 2 aromatic carbocycles. The van der Waals surface area contributed by atoms with E-state index in [0.29, 0.717) is 28.6 Å². The molecule has 1 amide bonds. The maximum Gasteiger partial charge on any atom is 0.260 e. The zero-order valence-electron chi connectivity index (χ0n) is 17.7. The Kier molecular flexibility index (Phi) is 6.11. The van der Waals surface area contributed by atoms with Gasteiger partial charge in [-0.25, -0.2) is 0 Å². The number of allylic oxidation sites excluding steroid dienone is 1. The molecular weight excluding hydrogens is 398 g/mol. The van der Waals surface area contributed by atoms with Crippen LogP contribution in [0.2, 0.25) is 0 Å². The summed E-state index contributed by atoms with van der Waals surface area (Å²) in [6, 6.07) is 10.3. The first-order valence-electron chi connectivity index (χ1n) is 10.3. The van der Waals surface area contributed by atoms with Gasteiger partial charge >= 0.3 is 0 Å². The van der Waals surface area contributed by atoms with Crippen molar-refractivity contribution in [3.05, 3.63) is 53.3 Å². The summed E-state index contributed by atoms with van der Waals surface area (Å²) in [6.07, 6.45) is 4.90. The van der Waals surface area contributed by atoms with Crippen molar-refractivity contribution >= 4 is 17.8 Å². The Morgan fingerprint density at radius 3 is 2.55 bits per heavy atom. The number of fused-ring (bicyclic) bond motifs is 1. The van der Waals surface area contributed by atoms with Crippen molar-refractivity contribution in [1.29, 1.82) is 0 Å². The quantitative estimate of drug-likeness (QED) is 0.660. The van der Waals surface area contributed by atoms with E-state index in [1.54, 1.807) is 50.6 Å². The normalized spacial score (nSPS) is 16.6. The van der Waals surface area contributed by atoms with E-state index >= 15 is 0 Å². The van der Waals surface area contributed by atoms with Crippen molar-refractivity contribution in [3.63, 3.8) is 0 Å². The number of carbonyl (C=O) groups is 2. The molecule has 4 rings (SSSR count). The minimum atomic E-state index is -0.208. The van der Waals surface area contributed by atoms with Crippen LogP contribution in [0.15, 0.2) is 42.2 Å². The highest BCUT2D eigenvalue weighted by atomic mass is 16.5. The number of benzene rings is 2. The maximum atomic E-state index is 12.7. The molecule has 2 aliphatic rings. The predicted octanol–water partition coefficient (Wildman–Crippen LogP) is 3.71. The minimum absolute atomic E-state index is 0.0220. The minimum Gasteiger partial charge on any atom is -0.493 e. The van der Waals surface area contributed by atoms with Gasteiger partial charge in [0.15, 0.2) is 23.9 Å². The highest BCUT2D eigenvalue weighted by Crippen LogP contribution is 2.36. The molecule has 0 bridgehead atoms. The average Bonchev–Trinajstić information content (AvgIpc) is 3.12. The van der Waals surface area contributed by atoms with Crippen LogP contribution in [0.5, 0.6) is 23.0 Å². The molecule has 0 spiro atoms. The Labute approximate surface area is 181 Å². The number of ether oxygens (including phenoxy) is 4. The molecule has 0 N–H and O–H groups in total. The van der Waals surface area contributed by atoms with E-state index in [1.807, 2.05) is 11.0 Å². The van der Waals surface area contributed by atoms with Crippen molar-refractivity contribution < 1.29 is 28.5 Å². The van der Waals surface area contributed by atoms with E-state index in [4.69, 9.17) is 18.9 Å². The summed E-state index contributed by atoms with van der Waals surface area (Å²) < 4.78 is 22.0. The smallest absolute Gasteiger partial charge is 0.260 e. The Bertz CT molecular complexity index is 1020. The van der Waals surface area contributed by atoms with Crippen molar-refractivity contribution in [2.45, 2.75) is 19.3 Å². The van der Waals surface area contributed by atoms with Crippen molar-refractivity contribution in [2.24, 2.45) is 0 Å². The second kappa shape index (κ2) is 9.12. The summed E-state index contributed by atoms with van der Waals surface area (Å²) in [7, 11) is 3.12. The van der Waals surface area contributed by atoms with Crippen LogP contribution in [0.3, 0.4) is 0 Å². The van der Waals surface area contributed by atoms with E-state index < -0.39 is 0 Å². The number of carbonyl (C=O) groups excluding carboxylic acids is 2. The van der Waals surface area contributed by atoms with Gasteiger partial charge in [0.2, 0.25) is 5.78 Å². The lowest BCUT2D eigenvalue weighted by atomic mass is 10.1. The number of piperidine rings is 1. The van der Waals surface area contributed by atoms with Crippen molar-refractivity contribution in [2.75, 3.05) is 33.9 Å². The van der Waals surface area contributed by atoms with Crippen LogP contribution in [0.1, 0.15) is 35.2 Å². The topological polar surface area (TPSA) is 74.3 Å². The van der Waals surface area contributed by atoms with Gasteiger partial charge in [-0.2, -0.15) is 0 Å². The van der Waals surface area contributed by atoms with Gasteiger partial charge in [-0.15, -0.1) is 0 Å². The first-order chi connectivity index (χ1) is 15.1. The molecular formula is C24H25NO6. The molecule has 2 aliphatic heterocycles. The first kappa shape index (κ1) is 20.8. The number of rotatable bonds is 6. The number of amides is 1. The fraction of sp³-hybridized carbons (Fsp3) is 0.333. The van der Waals surface area contributed by atoms with Crippen LogP contribution in [0.4, 0.5) is 0 Å². The molecule has 0 radical (unpaired) electrons. The predicted molar refractivity (Wildman–Crippen MR) is 115 cm³/mol. The average molecular weight is 423 g/mol. The molecule has 7 nitrogen and oxygen atoms in total. The molecule has 31 heavy (non-hydrogen) atoms. The van der Waals surface area contributed by atoms with Crippen molar-refractivity contribution in [3.8, 4) is 23.0 Å². The molecule has 7 heteroatoms. The largest absolute Gasteiger partial charge is 0.493 e. The lowest BCUT2D eigenvalue weighted by molar-refractivity contribution is -0.134. The third-order valence-electron chi connectivity index (χ3n) is 5.42. The summed E-state index contributed by atoms with van der Waals surface area (Å²) in [6.45, 7) is 1.55. The highest BCUT2D eigenvalue weighted by Gasteiger charge is 2.28. The van der Waals surface area contributed by atoms with Gasteiger partial charge in [-0.05, 0) is 55.2 Å². The monoisotopic (exact) mass is 423 g/mol. The molecule has 0 saturated carbocycles. The van der Waals surface area contributed by atoms with Crippen molar-refractivity contribution in [1.82, 2.24) is 4.90 Å². The maximum absolute atomic E-state index is 12.7. The van der Waals surface area contributed by atoms with Crippen LogP contribution >= 0.6 is 0 Å². The number of Topliss-reactive ketones (excluding diaryl/α,β-unsaturated/α-hetero) is 1. The molecule has 2 heterocycles. The van der Waals surface area contributed by atoms with E-state index in [-0.39, 0.29) is 24.1 Å². The molecule has 0 atom stereocenters. The molecule has 162 valence electrons. The van der Waals surface area contributed by atoms with E-state index in [9.17, 15) is 9.59 Å². The van der Waals surface area contributed by atoms with Gasteiger partial charge in [0.05, 0.1) is 19.8 Å².